The number of carbonyl (C=O) groups excluding carboxylic acids is 2. The van der Waals surface area contributed by atoms with Crippen molar-refractivity contribution in [2.45, 2.75) is 19.8 Å². The molecule has 208 valence electrons. The fraction of sp³-hybridized carbons (Fsp3) is 0.250. The van der Waals surface area contributed by atoms with E-state index in [0.29, 0.717) is 53.0 Å². The summed E-state index contributed by atoms with van der Waals surface area (Å²) in [6.07, 6.45) is 1.79. The molecular weight excluding hydrogens is 538 g/mol. The lowest BCUT2D eigenvalue weighted by atomic mass is 9.97. The van der Waals surface area contributed by atoms with E-state index in [1.807, 2.05) is 24.0 Å². The zero-order valence-corrected chi connectivity index (χ0v) is 23.7. The number of likely N-dealkylation sites (tertiary alicyclic amines) is 1. The Hall–Kier alpha value is -4.61. The van der Waals surface area contributed by atoms with Crippen LogP contribution in [0, 0.1) is 24.2 Å². The minimum atomic E-state index is -0.328. The van der Waals surface area contributed by atoms with E-state index >= 15 is 0 Å². The highest BCUT2D eigenvalue weighted by atomic mass is 35.5. The number of amides is 1. The monoisotopic (exact) mass is 567 g/mol. The fourth-order valence-electron chi connectivity index (χ4n) is 5.03. The molecule has 0 aliphatic carbocycles. The normalized spacial score (nSPS) is 14.8. The molecule has 4 aromatic rings. The number of methoxy groups -OCH3 is 1. The van der Waals surface area contributed by atoms with Gasteiger partial charge >= 0.3 is 0 Å². The number of nitrogens with zero attached hydrogens (tertiary/aromatic N) is 4. The lowest BCUT2D eigenvalue weighted by molar-refractivity contribution is 0.0680. The molecule has 9 heteroatoms. The van der Waals surface area contributed by atoms with Crippen LogP contribution in [0.5, 0.6) is 5.75 Å². The molecule has 3 aromatic carbocycles. The van der Waals surface area contributed by atoms with Crippen molar-refractivity contribution in [1.82, 2.24) is 14.7 Å². The standard InChI is InChI=1S/C32H30ClN5O3/c1-21-5-7-23(8-6-21)30(39)29-28(18-34)31(38(36-29)26-13-11-25(33)12-14-26)35-19-22-4-3-17-37(20-22)32(40)24-9-15-27(41-2)16-10-24/h5-16,22,35H,3-4,17,19-20H2,1-2H3. The predicted octanol–water partition coefficient (Wildman–Crippen LogP) is 5.91. The first-order chi connectivity index (χ1) is 19.9. The van der Waals surface area contributed by atoms with Gasteiger partial charge in [-0.2, -0.15) is 10.4 Å². The third-order valence-electron chi connectivity index (χ3n) is 7.30. The van der Waals surface area contributed by atoms with Gasteiger partial charge in [-0.15, -0.1) is 0 Å². The Morgan fingerprint density at radius 2 is 1.73 bits per heavy atom. The zero-order valence-electron chi connectivity index (χ0n) is 22.9. The Morgan fingerprint density at radius 1 is 1.05 bits per heavy atom. The smallest absolute Gasteiger partial charge is 0.253 e. The number of carbonyl (C=O) groups is 2. The molecule has 1 saturated heterocycles. The number of anilines is 1. The van der Waals surface area contributed by atoms with E-state index in [-0.39, 0.29) is 28.9 Å². The molecule has 5 rings (SSSR count). The third-order valence-corrected chi connectivity index (χ3v) is 7.55. The van der Waals surface area contributed by atoms with Gasteiger partial charge in [-0.3, -0.25) is 9.59 Å². The van der Waals surface area contributed by atoms with Crippen molar-refractivity contribution in [3.8, 4) is 17.5 Å². The second kappa shape index (κ2) is 12.3. The average Bonchev–Trinajstić information content (AvgIpc) is 3.38. The number of hydrogen-bond donors (Lipinski definition) is 1. The second-order valence-corrected chi connectivity index (χ2v) is 10.6. The molecule has 1 amide bonds. The highest BCUT2D eigenvalue weighted by Crippen LogP contribution is 2.28. The van der Waals surface area contributed by atoms with Gasteiger partial charge in [-0.25, -0.2) is 4.68 Å². The molecule has 1 atom stereocenters. The first-order valence-electron chi connectivity index (χ1n) is 13.5. The van der Waals surface area contributed by atoms with Crippen molar-refractivity contribution in [3.63, 3.8) is 0 Å². The van der Waals surface area contributed by atoms with Crippen LogP contribution < -0.4 is 10.1 Å². The lowest BCUT2D eigenvalue weighted by Gasteiger charge is -2.33. The number of aryl methyl sites for hydroxylation is 1. The number of ketones is 1. The number of nitrogens with one attached hydrogen (secondary N) is 1. The SMILES string of the molecule is COc1ccc(C(=O)N2CCCC(CNc3c(C#N)c(C(=O)c4ccc(C)cc4)nn3-c3ccc(Cl)cc3)C2)cc1. The van der Waals surface area contributed by atoms with E-state index in [0.717, 1.165) is 18.4 Å². The molecular formula is C32H30ClN5O3. The molecule has 1 unspecified atom stereocenters. The molecule has 0 radical (unpaired) electrons. The largest absolute Gasteiger partial charge is 0.497 e. The van der Waals surface area contributed by atoms with Gasteiger partial charge in [0.15, 0.2) is 5.69 Å². The summed E-state index contributed by atoms with van der Waals surface area (Å²) in [6.45, 7) is 3.70. The summed E-state index contributed by atoms with van der Waals surface area (Å²) >= 11 is 6.12. The Morgan fingerprint density at radius 3 is 2.39 bits per heavy atom. The van der Waals surface area contributed by atoms with Gasteiger partial charge in [0.2, 0.25) is 5.78 Å². The second-order valence-electron chi connectivity index (χ2n) is 10.1. The van der Waals surface area contributed by atoms with Crippen LogP contribution in [0.2, 0.25) is 5.02 Å². The molecule has 0 bridgehead atoms. The Labute approximate surface area is 244 Å². The summed E-state index contributed by atoms with van der Waals surface area (Å²) in [6, 6.07) is 23.6. The number of rotatable bonds is 8. The van der Waals surface area contributed by atoms with Crippen molar-refractivity contribution in [1.29, 1.82) is 5.26 Å². The number of nitriles is 1. The van der Waals surface area contributed by atoms with Crippen LogP contribution in [0.4, 0.5) is 5.82 Å². The van der Waals surface area contributed by atoms with Gasteiger partial charge in [-0.05, 0) is 74.2 Å². The minimum Gasteiger partial charge on any atom is -0.497 e. The van der Waals surface area contributed by atoms with Crippen LogP contribution in [0.25, 0.3) is 5.69 Å². The number of hydrogen-bond acceptors (Lipinski definition) is 6. The van der Waals surface area contributed by atoms with Gasteiger partial charge in [0.05, 0.1) is 12.8 Å². The van der Waals surface area contributed by atoms with Crippen molar-refractivity contribution in [2.24, 2.45) is 5.92 Å². The predicted molar refractivity (Wildman–Crippen MR) is 158 cm³/mol. The van der Waals surface area contributed by atoms with Crippen LogP contribution in [-0.4, -0.2) is 53.1 Å². The molecule has 2 heterocycles. The molecule has 1 aromatic heterocycles. The maximum Gasteiger partial charge on any atom is 0.253 e. The van der Waals surface area contributed by atoms with Crippen LogP contribution in [0.1, 0.15) is 50.4 Å². The van der Waals surface area contributed by atoms with E-state index in [1.165, 1.54) is 0 Å². The maximum atomic E-state index is 13.5. The molecule has 1 aliphatic heterocycles. The summed E-state index contributed by atoms with van der Waals surface area (Å²) in [7, 11) is 1.59. The fourth-order valence-corrected chi connectivity index (χ4v) is 5.16. The van der Waals surface area contributed by atoms with Gasteiger partial charge in [0, 0.05) is 35.8 Å². The van der Waals surface area contributed by atoms with E-state index in [2.05, 4.69) is 16.5 Å². The number of benzene rings is 3. The molecule has 1 aliphatic rings. The average molecular weight is 568 g/mol. The number of halogens is 1. The minimum absolute atomic E-state index is 0.0211. The van der Waals surface area contributed by atoms with Crippen molar-refractivity contribution < 1.29 is 14.3 Å². The quantitative estimate of drug-likeness (QED) is 0.266. The van der Waals surface area contributed by atoms with Crippen LogP contribution >= 0.6 is 11.6 Å². The lowest BCUT2D eigenvalue weighted by Crippen LogP contribution is -2.42. The topological polar surface area (TPSA) is 100 Å². The molecule has 0 spiro atoms. The van der Waals surface area contributed by atoms with Gasteiger partial charge in [0.1, 0.15) is 23.2 Å². The van der Waals surface area contributed by atoms with E-state index in [1.54, 1.807) is 72.5 Å². The van der Waals surface area contributed by atoms with Crippen molar-refractivity contribution in [3.05, 3.63) is 106 Å². The Bertz CT molecular complexity index is 1590. The van der Waals surface area contributed by atoms with E-state index in [9.17, 15) is 14.9 Å². The first kappa shape index (κ1) is 27.9. The molecule has 8 nitrogen and oxygen atoms in total. The molecule has 0 saturated carbocycles. The maximum absolute atomic E-state index is 13.5. The highest BCUT2D eigenvalue weighted by molar-refractivity contribution is 6.30. The summed E-state index contributed by atoms with van der Waals surface area (Å²) in [4.78, 5) is 28.5. The van der Waals surface area contributed by atoms with Gasteiger partial charge in [0.25, 0.3) is 5.91 Å². The number of aromatic nitrogens is 2. The molecule has 1 fully saturated rings. The summed E-state index contributed by atoms with van der Waals surface area (Å²) in [5.41, 5.74) is 3.02. The summed E-state index contributed by atoms with van der Waals surface area (Å²) in [5.74, 6) is 0.929. The van der Waals surface area contributed by atoms with Crippen molar-refractivity contribution in [2.75, 3.05) is 32.1 Å². The Kier molecular flexibility index (Phi) is 8.37. The van der Waals surface area contributed by atoms with Crippen LogP contribution in [0.15, 0.2) is 72.8 Å². The first-order valence-corrected chi connectivity index (χ1v) is 13.8. The molecule has 41 heavy (non-hydrogen) atoms. The summed E-state index contributed by atoms with van der Waals surface area (Å²) in [5, 5.41) is 18.8. The molecule has 1 N–H and O–H groups in total. The highest BCUT2D eigenvalue weighted by Gasteiger charge is 2.28. The van der Waals surface area contributed by atoms with E-state index < -0.39 is 0 Å². The van der Waals surface area contributed by atoms with Gasteiger partial charge in [-0.1, -0.05) is 41.4 Å². The Balaban J connectivity index is 1.40. The zero-order chi connectivity index (χ0) is 28.9. The van der Waals surface area contributed by atoms with E-state index in [4.69, 9.17) is 16.3 Å². The number of ether oxygens (including phenoxy) is 1. The summed E-state index contributed by atoms with van der Waals surface area (Å²) < 4.78 is 6.79. The third kappa shape index (κ3) is 6.11. The van der Waals surface area contributed by atoms with Crippen molar-refractivity contribution >= 4 is 29.1 Å². The van der Waals surface area contributed by atoms with Gasteiger partial charge < -0.3 is 15.0 Å². The van der Waals surface area contributed by atoms with Crippen LogP contribution in [-0.2, 0) is 0 Å². The van der Waals surface area contributed by atoms with Crippen LogP contribution in [0.3, 0.4) is 0 Å². The number of piperidine rings is 1.